The molecule has 0 unspecified atom stereocenters. The van der Waals surface area contributed by atoms with Crippen molar-refractivity contribution >= 4 is 34.0 Å². The van der Waals surface area contributed by atoms with E-state index < -0.39 is 0 Å². The number of hydrogen-bond donors (Lipinski definition) is 0. The van der Waals surface area contributed by atoms with Gasteiger partial charge < -0.3 is 23.7 Å². The monoisotopic (exact) mass is 516 g/mol. The molecule has 200 valence electrons. The van der Waals surface area contributed by atoms with Crippen molar-refractivity contribution < 1.29 is 14.2 Å². The van der Waals surface area contributed by atoms with Gasteiger partial charge in [0.15, 0.2) is 11.5 Å². The third-order valence-electron chi connectivity index (χ3n) is 7.38. The standard InChI is InChI=1S/C29H36N6O3/c1-21-6-3-7-22(18-21)24-9-4-10-35(32-24)26-19-25(33-11-16-37-17-12-33)27-29(30-26)34(13-15-36-2)28(31-27)23-8-5-14-38-20-23/h3,6-8,18-19H,4-5,9-17,20H2,1-2H3. The number of benzene rings is 1. The van der Waals surface area contributed by atoms with Crippen LogP contribution in [-0.2, 0) is 20.8 Å². The molecule has 0 aliphatic carbocycles. The van der Waals surface area contributed by atoms with Gasteiger partial charge in [-0.1, -0.05) is 35.9 Å². The van der Waals surface area contributed by atoms with Crippen LogP contribution in [0.3, 0.4) is 0 Å². The Labute approximate surface area is 223 Å². The van der Waals surface area contributed by atoms with E-state index in [4.69, 9.17) is 29.3 Å². The average Bonchev–Trinajstić information content (AvgIpc) is 3.35. The number of anilines is 2. The van der Waals surface area contributed by atoms with Crippen molar-refractivity contribution in [3.63, 3.8) is 0 Å². The molecule has 9 nitrogen and oxygen atoms in total. The van der Waals surface area contributed by atoms with Crippen molar-refractivity contribution in [1.82, 2.24) is 14.5 Å². The van der Waals surface area contributed by atoms with E-state index in [1.54, 1.807) is 7.11 Å². The minimum atomic E-state index is 0.562. The van der Waals surface area contributed by atoms with Gasteiger partial charge in [0.1, 0.15) is 11.3 Å². The van der Waals surface area contributed by atoms with Crippen LogP contribution in [-0.4, -0.2) is 80.0 Å². The highest BCUT2D eigenvalue weighted by Crippen LogP contribution is 2.34. The molecule has 3 aromatic rings. The van der Waals surface area contributed by atoms with Crippen LogP contribution in [0.25, 0.3) is 16.7 Å². The van der Waals surface area contributed by atoms with Crippen LogP contribution in [0.5, 0.6) is 0 Å². The number of fused-ring (bicyclic) bond motifs is 1. The number of methoxy groups -OCH3 is 1. The van der Waals surface area contributed by atoms with Gasteiger partial charge in [0, 0.05) is 44.9 Å². The van der Waals surface area contributed by atoms with Gasteiger partial charge in [-0.05, 0) is 31.7 Å². The topological polar surface area (TPSA) is 77.2 Å². The van der Waals surface area contributed by atoms with E-state index in [0.717, 1.165) is 85.3 Å². The molecule has 5 heterocycles. The Balaban J connectivity index is 1.49. The highest BCUT2D eigenvalue weighted by atomic mass is 16.5. The first-order chi connectivity index (χ1) is 18.7. The highest BCUT2D eigenvalue weighted by Gasteiger charge is 2.26. The number of pyridine rings is 1. The lowest BCUT2D eigenvalue weighted by molar-refractivity contribution is 0.123. The van der Waals surface area contributed by atoms with E-state index in [1.165, 1.54) is 11.1 Å². The van der Waals surface area contributed by atoms with Gasteiger partial charge in [-0.3, -0.25) is 0 Å². The molecule has 3 aliphatic heterocycles. The Kier molecular flexibility index (Phi) is 7.40. The molecule has 0 saturated carbocycles. The maximum atomic E-state index is 5.79. The predicted octanol–water partition coefficient (Wildman–Crippen LogP) is 4.03. The number of aryl methyl sites for hydroxylation is 1. The molecule has 0 amide bonds. The summed E-state index contributed by atoms with van der Waals surface area (Å²) in [5, 5.41) is 7.17. The smallest absolute Gasteiger partial charge is 0.164 e. The lowest BCUT2D eigenvalue weighted by Crippen LogP contribution is -2.36. The van der Waals surface area contributed by atoms with Crippen LogP contribution in [0.1, 0.15) is 36.2 Å². The molecule has 2 aromatic heterocycles. The van der Waals surface area contributed by atoms with Gasteiger partial charge in [-0.2, -0.15) is 5.10 Å². The maximum Gasteiger partial charge on any atom is 0.164 e. The number of rotatable bonds is 7. The summed E-state index contributed by atoms with van der Waals surface area (Å²) in [7, 11) is 1.73. The van der Waals surface area contributed by atoms with Crippen molar-refractivity contribution in [2.45, 2.75) is 32.7 Å². The number of hydrogen-bond acceptors (Lipinski definition) is 8. The summed E-state index contributed by atoms with van der Waals surface area (Å²) in [6.45, 7) is 8.55. The fourth-order valence-electron chi connectivity index (χ4n) is 5.43. The zero-order valence-electron chi connectivity index (χ0n) is 22.4. The predicted molar refractivity (Wildman–Crippen MR) is 150 cm³/mol. The van der Waals surface area contributed by atoms with Crippen molar-refractivity contribution in [3.05, 3.63) is 53.4 Å². The Morgan fingerprint density at radius 2 is 1.92 bits per heavy atom. The first-order valence-electron chi connectivity index (χ1n) is 13.6. The van der Waals surface area contributed by atoms with Crippen LogP contribution < -0.4 is 9.91 Å². The summed E-state index contributed by atoms with van der Waals surface area (Å²) in [5.74, 6) is 1.77. The van der Waals surface area contributed by atoms with Crippen LogP contribution in [0.4, 0.5) is 11.5 Å². The number of nitrogens with zero attached hydrogens (tertiary/aromatic N) is 6. The zero-order chi connectivity index (χ0) is 25.9. The molecular formula is C29H36N6O3. The van der Waals surface area contributed by atoms with Crippen LogP contribution in [0, 0.1) is 6.92 Å². The molecule has 1 saturated heterocycles. The largest absolute Gasteiger partial charge is 0.383 e. The van der Waals surface area contributed by atoms with Crippen molar-refractivity contribution in [2.24, 2.45) is 5.10 Å². The summed E-state index contributed by atoms with van der Waals surface area (Å²) in [6.07, 6.45) is 5.12. The Morgan fingerprint density at radius 1 is 1.03 bits per heavy atom. The number of imidazole rings is 1. The molecule has 1 aromatic carbocycles. The summed E-state index contributed by atoms with van der Waals surface area (Å²) < 4.78 is 19.1. The SMILES string of the molecule is COCCn1c(C2=CCCOC2)nc2c(N3CCOCC3)cc(N3CCCC(c4cccc(C)c4)=N3)nc21. The summed E-state index contributed by atoms with van der Waals surface area (Å²) in [5.41, 5.74) is 7.49. The quantitative estimate of drug-likeness (QED) is 0.469. The molecular weight excluding hydrogens is 480 g/mol. The minimum absolute atomic E-state index is 0.562. The number of ether oxygens (including phenoxy) is 3. The second kappa shape index (κ2) is 11.2. The second-order valence-electron chi connectivity index (χ2n) is 10.1. The Bertz CT molecular complexity index is 1360. The minimum Gasteiger partial charge on any atom is -0.383 e. The third-order valence-corrected chi connectivity index (χ3v) is 7.38. The highest BCUT2D eigenvalue weighted by molar-refractivity contribution is 6.01. The lowest BCUT2D eigenvalue weighted by atomic mass is 10.0. The van der Waals surface area contributed by atoms with E-state index >= 15 is 0 Å². The van der Waals surface area contributed by atoms with E-state index in [9.17, 15) is 0 Å². The van der Waals surface area contributed by atoms with Gasteiger partial charge in [-0.25, -0.2) is 15.0 Å². The molecule has 0 N–H and O–H groups in total. The molecule has 0 spiro atoms. The maximum absolute atomic E-state index is 5.79. The van der Waals surface area contributed by atoms with Gasteiger partial charge in [-0.15, -0.1) is 0 Å². The van der Waals surface area contributed by atoms with Crippen LogP contribution in [0.2, 0.25) is 0 Å². The first kappa shape index (κ1) is 25.0. The average molecular weight is 517 g/mol. The molecule has 0 atom stereocenters. The van der Waals surface area contributed by atoms with Crippen LogP contribution in [0.15, 0.2) is 41.5 Å². The lowest BCUT2D eigenvalue weighted by Gasteiger charge is -2.30. The summed E-state index contributed by atoms with van der Waals surface area (Å²) in [4.78, 5) is 12.8. The number of morpholine rings is 1. The summed E-state index contributed by atoms with van der Waals surface area (Å²) >= 11 is 0. The van der Waals surface area contributed by atoms with Gasteiger partial charge in [0.25, 0.3) is 0 Å². The fraction of sp³-hybridized carbons (Fsp3) is 0.483. The van der Waals surface area contributed by atoms with E-state index in [2.05, 4.69) is 57.8 Å². The van der Waals surface area contributed by atoms with Crippen molar-refractivity contribution in [3.8, 4) is 0 Å². The molecule has 1 fully saturated rings. The zero-order valence-corrected chi connectivity index (χ0v) is 22.4. The Hall–Kier alpha value is -3.27. The van der Waals surface area contributed by atoms with Crippen molar-refractivity contribution in [2.75, 3.05) is 69.7 Å². The Morgan fingerprint density at radius 3 is 2.71 bits per heavy atom. The molecule has 0 bridgehead atoms. The number of aromatic nitrogens is 3. The van der Waals surface area contributed by atoms with E-state index in [1.807, 2.05) is 0 Å². The van der Waals surface area contributed by atoms with Gasteiger partial charge >= 0.3 is 0 Å². The van der Waals surface area contributed by atoms with Crippen molar-refractivity contribution in [1.29, 1.82) is 0 Å². The molecule has 38 heavy (non-hydrogen) atoms. The molecule has 0 radical (unpaired) electrons. The fourth-order valence-corrected chi connectivity index (χ4v) is 5.43. The summed E-state index contributed by atoms with van der Waals surface area (Å²) in [6, 6.07) is 10.8. The van der Waals surface area contributed by atoms with Crippen LogP contribution >= 0.6 is 0 Å². The number of hydrazone groups is 1. The second-order valence-corrected chi connectivity index (χ2v) is 10.1. The van der Waals surface area contributed by atoms with Gasteiger partial charge in [0.2, 0.25) is 0 Å². The van der Waals surface area contributed by atoms with E-state index in [-0.39, 0.29) is 0 Å². The molecule has 6 rings (SSSR count). The first-order valence-corrected chi connectivity index (χ1v) is 13.6. The normalized spacial score (nSPS) is 18.6. The van der Waals surface area contributed by atoms with Gasteiger partial charge in [0.05, 0.1) is 44.4 Å². The third kappa shape index (κ3) is 5.06. The molecule has 3 aliphatic rings. The molecule has 9 heteroatoms. The van der Waals surface area contributed by atoms with E-state index in [0.29, 0.717) is 33.0 Å².